The van der Waals surface area contributed by atoms with Gasteiger partial charge in [-0.3, -0.25) is 4.21 Å². The van der Waals surface area contributed by atoms with Crippen molar-refractivity contribution < 1.29 is 9.32 Å². The first-order valence-corrected chi connectivity index (χ1v) is 8.60. The summed E-state index contributed by atoms with van der Waals surface area (Å²) in [6.45, 7) is 18.5. The van der Waals surface area contributed by atoms with Crippen molar-refractivity contribution in [1.82, 2.24) is 0 Å². The van der Waals surface area contributed by atoms with Crippen molar-refractivity contribution in [3.8, 4) is 5.75 Å². The molecule has 1 aromatic carbocycles. The first-order chi connectivity index (χ1) is 9.15. The maximum Gasteiger partial charge on any atom is 0.132 e. The number of hydrogen-bond acceptors (Lipinski definition) is 2. The van der Waals surface area contributed by atoms with Gasteiger partial charge in [0.2, 0.25) is 0 Å². The lowest BCUT2D eigenvalue weighted by molar-refractivity contribution is 0.446. The zero-order valence-corrected chi connectivity index (χ0v) is 15.7. The minimum absolute atomic E-state index is 0.0563. The molecule has 2 nitrogen and oxygen atoms in total. The van der Waals surface area contributed by atoms with Crippen molar-refractivity contribution in [2.24, 2.45) is 0 Å². The summed E-state index contributed by atoms with van der Waals surface area (Å²) < 4.78 is 12.5. The van der Waals surface area contributed by atoms with Crippen LogP contribution < -0.4 is 0 Å². The molecule has 0 bridgehead atoms. The standard InChI is InChI=1S/C18H30O2S/c1-16(2,3)12-10-13(17(4,5)6)15(14(19)11-12)21(20)18(7,8)9/h10-11,19H,1-9H3. The highest BCUT2D eigenvalue weighted by Gasteiger charge is 2.32. The van der Waals surface area contributed by atoms with Crippen molar-refractivity contribution in [2.45, 2.75) is 82.8 Å². The van der Waals surface area contributed by atoms with Gasteiger partial charge in [-0.05, 0) is 48.8 Å². The summed E-state index contributed by atoms with van der Waals surface area (Å²) in [7, 11) is -1.26. The van der Waals surface area contributed by atoms with Crippen LogP contribution >= 0.6 is 0 Å². The van der Waals surface area contributed by atoms with Gasteiger partial charge in [-0.15, -0.1) is 0 Å². The van der Waals surface area contributed by atoms with E-state index in [4.69, 9.17) is 0 Å². The molecule has 1 aromatic rings. The van der Waals surface area contributed by atoms with Crippen molar-refractivity contribution >= 4 is 10.8 Å². The zero-order valence-electron chi connectivity index (χ0n) is 14.9. The largest absolute Gasteiger partial charge is 0.507 e. The summed E-state index contributed by atoms with van der Waals surface area (Å²) in [4.78, 5) is 0.586. The summed E-state index contributed by atoms with van der Waals surface area (Å²) >= 11 is 0. The van der Waals surface area contributed by atoms with Crippen LogP contribution in [0, 0.1) is 0 Å². The smallest absolute Gasteiger partial charge is 0.132 e. The highest BCUT2D eigenvalue weighted by molar-refractivity contribution is 7.86. The minimum Gasteiger partial charge on any atom is -0.507 e. The van der Waals surface area contributed by atoms with Crippen LogP contribution in [0.4, 0.5) is 0 Å². The van der Waals surface area contributed by atoms with Crippen LogP contribution in [0.5, 0.6) is 5.75 Å². The summed E-state index contributed by atoms with van der Waals surface area (Å²) in [5.74, 6) is 0.153. The molecule has 0 aliphatic rings. The van der Waals surface area contributed by atoms with Crippen LogP contribution in [0.1, 0.15) is 73.4 Å². The topological polar surface area (TPSA) is 37.3 Å². The van der Waals surface area contributed by atoms with Gasteiger partial charge in [0.1, 0.15) is 5.75 Å². The third-order valence-corrected chi connectivity index (χ3v) is 5.40. The van der Waals surface area contributed by atoms with Crippen LogP contribution in [0.25, 0.3) is 0 Å². The van der Waals surface area contributed by atoms with Gasteiger partial charge in [0, 0.05) is 4.75 Å². The van der Waals surface area contributed by atoms with Crippen LogP contribution in [0.2, 0.25) is 0 Å². The first kappa shape index (κ1) is 18.2. The fourth-order valence-electron chi connectivity index (χ4n) is 2.10. The van der Waals surface area contributed by atoms with Crippen molar-refractivity contribution in [1.29, 1.82) is 0 Å². The van der Waals surface area contributed by atoms with Crippen LogP contribution in [-0.4, -0.2) is 14.1 Å². The van der Waals surface area contributed by atoms with Gasteiger partial charge in [-0.2, -0.15) is 0 Å². The van der Waals surface area contributed by atoms with Crippen LogP contribution in [0.15, 0.2) is 17.0 Å². The Morgan fingerprint density at radius 1 is 0.857 bits per heavy atom. The normalized spacial score (nSPS) is 15.1. The highest BCUT2D eigenvalue weighted by Crippen LogP contribution is 2.40. The molecule has 1 rings (SSSR count). The second-order valence-electron chi connectivity index (χ2n) is 8.75. The van der Waals surface area contributed by atoms with Crippen molar-refractivity contribution in [3.05, 3.63) is 23.3 Å². The molecule has 0 heterocycles. The number of phenols is 1. The van der Waals surface area contributed by atoms with Crippen LogP contribution in [0.3, 0.4) is 0 Å². The Labute approximate surface area is 132 Å². The van der Waals surface area contributed by atoms with E-state index in [1.165, 1.54) is 0 Å². The van der Waals surface area contributed by atoms with E-state index < -0.39 is 15.5 Å². The third-order valence-electron chi connectivity index (χ3n) is 3.48. The summed E-state index contributed by atoms with van der Waals surface area (Å²) in [5.41, 5.74) is 1.81. The molecule has 0 fully saturated rings. The van der Waals surface area contributed by atoms with E-state index in [0.717, 1.165) is 11.1 Å². The molecule has 0 radical (unpaired) electrons. The summed E-state index contributed by atoms with van der Waals surface area (Å²) in [5, 5.41) is 10.5. The Bertz CT molecular complexity index is 552. The Kier molecular flexibility index (Phi) is 4.70. The molecule has 0 amide bonds. The molecular formula is C18H30O2S. The van der Waals surface area contributed by atoms with E-state index in [-0.39, 0.29) is 16.6 Å². The first-order valence-electron chi connectivity index (χ1n) is 7.45. The lowest BCUT2D eigenvalue weighted by Gasteiger charge is -2.30. The monoisotopic (exact) mass is 310 g/mol. The van der Waals surface area contributed by atoms with E-state index in [0.29, 0.717) is 4.90 Å². The van der Waals surface area contributed by atoms with Gasteiger partial charge in [0.15, 0.2) is 0 Å². The van der Waals surface area contributed by atoms with Gasteiger partial charge in [0.05, 0.1) is 15.7 Å². The van der Waals surface area contributed by atoms with Gasteiger partial charge in [0.25, 0.3) is 0 Å². The Morgan fingerprint density at radius 3 is 1.67 bits per heavy atom. The molecular weight excluding hydrogens is 280 g/mol. The fraction of sp³-hybridized carbons (Fsp3) is 0.667. The van der Waals surface area contributed by atoms with Gasteiger partial charge in [-0.1, -0.05) is 47.6 Å². The molecule has 0 spiro atoms. The Morgan fingerprint density at radius 2 is 1.33 bits per heavy atom. The molecule has 120 valence electrons. The SMILES string of the molecule is CC(C)(C)c1cc(O)c(S(=O)C(C)(C)C)c(C(C)(C)C)c1. The molecule has 1 atom stereocenters. The molecule has 21 heavy (non-hydrogen) atoms. The van der Waals surface area contributed by atoms with E-state index >= 15 is 0 Å². The number of benzene rings is 1. The predicted molar refractivity (Wildman–Crippen MR) is 91.7 cm³/mol. The Hall–Kier alpha value is -0.830. The summed E-state index contributed by atoms with van der Waals surface area (Å²) in [6, 6.07) is 3.88. The molecule has 0 saturated carbocycles. The lowest BCUT2D eigenvalue weighted by Crippen LogP contribution is -2.26. The maximum atomic E-state index is 12.9. The van der Waals surface area contributed by atoms with Gasteiger partial charge < -0.3 is 5.11 Å². The average molecular weight is 311 g/mol. The van der Waals surface area contributed by atoms with E-state index in [1.807, 2.05) is 20.8 Å². The average Bonchev–Trinajstić information content (AvgIpc) is 2.23. The molecule has 3 heteroatoms. The number of rotatable bonds is 1. The molecule has 0 aliphatic heterocycles. The highest BCUT2D eigenvalue weighted by atomic mass is 32.2. The zero-order chi connectivity index (χ0) is 16.8. The number of aromatic hydroxyl groups is 1. The van der Waals surface area contributed by atoms with Crippen LogP contribution in [-0.2, 0) is 21.6 Å². The number of phenolic OH excluding ortho intramolecular Hbond substituents is 1. The molecule has 0 aliphatic carbocycles. The second kappa shape index (κ2) is 5.42. The Balaban J connectivity index is 3.70. The molecule has 0 aromatic heterocycles. The number of hydrogen-bond donors (Lipinski definition) is 1. The maximum absolute atomic E-state index is 12.9. The van der Waals surface area contributed by atoms with E-state index in [2.05, 4.69) is 47.6 Å². The summed E-state index contributed by atoms with van der Waals surface area (Å²) in [6.07, 6.45) is 0. The van der Waals surface area contributed by atoms with Gasteiger partial charge in [-0.25, -0.2) is 0 Å². The van der Waals surface area contributed by atoms with E-state index in [1.54, 1.807) is 6.07 Å². The lowest BCUT2D eigenvalue weighted by atomic mass is 9.80. The third kappa shape index (κ3) is 4.09. The van der Waals surface area contributed by atoms with Crippen molar-refractivity contribution in [2.75, 3.05) is 0 Å². The quantitative estimate of drug-likeness (QED) is 0.801. The minimum atomic E-state index is -1.26. The van der Waals surface area contributed by atoms with Gasteiger partial charge >= 0.3 is 0 Å². The second-order valence-corrected chi connectivity index (χ2v) is 10.9. The van der Waals surface area contributed by atoms with Crippen molar-refractivity contribution in [3.63, 3.8) is 0 Å². The molecule has 1 N–H and O–H groups in total. The fourth-order valence-corrected chi connectivity index (χ4v) is 3.53. The molecule has 1 unspecified atom stereocenters. The predicted octanol–water partition coefficient (Wildman–Crippen LogP) is 4.89. The molecule has 0 saturated heterocycles. The van der Waals surface area contributed by atoms with E-state index in [9.17, 15) is 9.32 Å².